The van der Waals surface area contributed by atoms with E-state index in [1.807, 2.05) is 0 Å². The summed E-state index contributed by atoms with van der Waals surface area (Å²) in [5, 5.41) is 17.6. The first-order chi connectivity index (χ1) is 7.13. The number of hydrogen-bond acceptors (Lipinski definition) is 4. The van der Waals surface area contributed by atoms with Crippen molar-refractivity contribution >= 4 is 5.78 Å². The van der Waals surface area contributed by atoms with Gasteiger partial charge in [0.15, 0.2) is 5.78 Å². The minimum atomic E-state index is -0.897. The van der Waals surface area contributed by atoms with Crippen molar-refractivity contribution in [1.82, 2.24) is 0 Å². The third-order valence-corrected chi connectivity index (χ3v) is 1.89. The Balaban J connectivity index is 2.62. The second kappa shape index (κ2) is 5.48. The summed E-state index contributed by atoms with van der Waals surface area (Å²) in [6, 6.07) is 6.69. The quantitative estimate of drug-likeness (QED) is 0.699. The summed E-state index contributed by atoms with van der Waals surface area (Å²) in [5.41, 5.74) is 0.561. The van der Waals surface area contributed by atoms with Crippen molar-refractivity contribution < 1.29 is 19.7 Å². The first-order valence-electron chi connectivity index (χ1n) is 4.66. The van der Waals surface area contributed by atoms with Crippen molar-refractivity contribution in [2.75, 3.05) is 13.2 Å². The molecule has 1 unspecified atom stereocenters. The lowest BCUT2D eigenvalue weighted by molar-refractivity contribution is 0.0536. The van der Waals surface area contributed by atoms with Crippen LogP contribution in [0.1, 0.15) is 17.3 Å². The average Bonchev–Trinajstić information content (AvgIpc) is 2.26. The van der Waals surface area contributed by atoms with Crippen molar-refractivity contribution in [1.29, 1.82) is 0 Å². The summed E-state index contributed by atoms with van der Waals surface area (Å²) in [5.74, 6) is 0.471. The van der Waals surface area contributed by atoms with E-state index in [0.29, 0.717) is 11.3 Å². The maximum absolute atomic E-state index is 11.0. The molecule has 1 rings (SSSR count). The summed E-state index contributed by atoms with van der Waals surface area (Å²) < 4.78 is 5.19. The Bertz CT molecular complexity index is 335. The van der Waals surface area contributed by atoms with Gasteiger partial charge < -0.3 is 14.9 Å². The number of aliphatic hydroxyl groups excluding tert-OH is 2. The molecule has 0 fully saturated rings. The molecule has 0 heterocycles. The van der Waals surface area contributed by atoms with Crippen LogP contribution >= 0.6 is 0 Å². The molecule has 0 saturated heterocycles. The predicted molar refractivity (Wildman–Crippen MR) is 55.0 cm³/mol. The Morgan fingerprint density at radius 1 is 1.53 bits per heavy atom. The standard InChI is InChI=1S/C11H14O4/c1-8(13)9-3-2-4-11(5-9)15-7-10(14)6-12/h2-5,10,12,14H,6-7H2,1H3. The number of benzene rings is 1. The first kappa shape index (κ1) is 11.7. The monoisotopic (exact) mass is 210 g/mol. The van der Waals surface area contributed by atoms with Crippen LogP contribution in [0.5, 0.6) is 5.75 Å². The summed E-state index contributed by atoms with van der Waals surface area (Å²) in [6.07, 6.45) is -0.897. The van der Waals surface area contributed by atoms with Gasteiger partial charge in [-0.3, -0.25) is 4.79 Å². The van der Waals surface area contributed by atoms with Crippen LogP contribution < -0.4 is 4.74 Å². The molecule has 4 nitrogen and oxygen atoms in total. The van der Waals surface area contributed by atoms with E-state index in [0.717, 1.165) is 0 Å². The lowest BCUT2D eigenvalue weighted by Crippen LogP contribution is -2.21. The maximum atomic E-state index is 11.0. The van der Waals surface area contributed by atoms with E-state index >= 15 is 0 Å². The number of carbonyl (C=O) groups excluding carboxylic acids is 1. The fourth-order valence-corrected chi connectivity index (χ4v) is 1.05. The highest BCUT2D eigenvalue weighted by Crippen LogP contribution is 2.13. The molecule has 0 saturated carbocycles. The molecule has 0 radical (unpaired) electrons. The second-order valence-corrected chi connectivity index (χ2v) is 3.23. The van der Waals surface area contributed by atoms with E-state index in [2.05, 4.69) is 0 Å². The molecular formula is C11H14O4. The Kier molecular flexibility index (Phi) is 4.27. The van der Waals surface area contributed by atoms with Crippen molar-refractivity contribution in [2.24, 2.45) is 0 Å². The topological polar surface area (TPSA) is 66.8 Å². The van der Waals surface area contributed by atoms with Gasteiger partial charge in [0.25, 0.3) is 0 Å². The van der Waals surface area contributed by atoms with Crippen LogP contribution in [0.25, 0.3) is 0 Å². The van der Waals surface area contributed by atoms with Gasteiger partial charge in [0.05, 0.1) is 6.61 Å². The lowest BCUT2D eigenvalue weighted by atomic mass is 10.1. The molecule has 0 aliphatic carbocycles. The molecule has 0 aliphatic heterocycles. The van der Waals surface area contributed by atoms with Gasteiger partial charge in [0.1, 0.15) is 18.5 Å². The molecule has 1 aromatic rings. The zero-order valence-electron chi connectivity index (χ0n) is 8.51. The van der Waals surface area contributed by atoms with E-state index in [1.165, 1.54) is 6.92 Å². The van der Waals surface area contributed by atoms with Gasteiger partial charge in [-0.1, -0.05) is 12.1 Å². The molecule has 1 aromatic carbocycles. The number of ketones is 1. The van der Waals surface area contributed by atoms with Gasteiger partial charge >= 0.3 is 0 Å². The lowest BCUT2D eigenvalue weighted by Gasteiger charge is -2.10. The van der Waals surface area contributed by atoms with E-state index in [9.17, 15) is 4.79 Å². The van der Waals surface area contributed by atoms with Gasteiger partial charge in [-0.2, -0.15) is 0 Å². The predicted octanol–water partition coefficient (Wildman–Crippen LogP) is 0.621. The summed E-state index contributed by atoms with van der Waals surface area (Å²) in [4.78, 5) is 11.0. The molecule has 15 heavy (non-hydrogen) atoms. The van der Waals surface area contributed by atoms with E-state index in [-0.39, 0.29) is 19.0 Å². The molecule has 0 aromatic heterocycles. The van der Waals surface area contributed by atoms with Crippen molar-refractivity contribution in [3.8, 4) is 5.75 Å². The molecular weight excluding hydrogens is 196 g/mol. The second-order valence-electron chi connectivity index (χ2n) is 3.23. The van der Waals surface area contributed by atoms with Gasteiger partial charge in [0.2, 0.25) is 0 Å². The smallest absolute Gasteiger partial charge is 0.159 e. The van der Waals surface area contributed by atoms with Crippen LogP contribution in [0.3, 0.4) is 0 Å². The van der Waals surface area contributed by atoms with E-state index in [4.69, 9.17) is 14.9 Å². The number of aliphatic hydroxyl groups is 2. The molecule has 82 valence electrons. The Labute approximate surface area is 88.1 Å². The summed E-state index contributed by atoms with van der Waals surface area (Å²) in [7, 11) is 0. The van der Waals surface area contributed by atoms with Gasteiger partial charge in [-0.25, -0.2) is 0 Å². The van der Waals surface area contributed by atoms with Crippen LogP contribution in [-0.4, -0.2) is 35.3 Å². The summed E-state index contributed by atoms with van der Waals surface area (Å²) >= 11 is 0. The highest BCUT2D eigenvalue weighted by molar-refractivity contribution is 5.94. The van der Waals surface area contributed by atoms with Crippen LogP contribution in [0, 0.1) is 0 Å². The van der Waals surface area contributed by atoms with E-state index < -0.39 is 6.10 Å². The fourth-order valence-electron chi connectivity index (χ4n) is 1.05. The molecule has 1 atom stereocenters. The molecule has 0 spiro atoms. The molecule has 4 heteroatoms. The van der Waals surface area contributed by atoms with Crippen LogP contribution in [0.4, 0.5) is 0 Å². The normalized spacial score (nSPS) is 12.2. The average molecular weight is 210 g/mol. The zero-order chi connectivity index (χ0) is 11.3. The van der Waals surface area contributed by atoms with Crippen molar-refractivity contribution in [3.63, 3.8) is 0 Å². The van der Waals surface area contributed by atoms with Crippen LogP contribution in [-0.2, 0) is 0 Å². The fraction of sp³-hybridized carbons (Fsp3) is 0.364. The highest BCUT2D eigenvalue weighted by Gasteiger charge is 2.04. The van der Waals surface area contributed by atoms with Crippen molar-refractivity contribution in [2.45, 2.75) is 13.0 Å². The van der Waals surface area contributed by atoms with Gasteiger partial charge in [-0.15, -0.1) is 0 Å². The SMILES string of the molecule is CC(=O)c1cccc(OCC(O)CO)c1. The largest absolute Gasteiger partial charge is 0.491 e. The van der Waals surface area contributed by atoms with Crippen LogP contribution in [0.2, 0.25) is 0 Å². The van der Waals surface area contributed by atoms with Crippen LogP contribution in [0.15, 0.2) is 24.3 Å². The van der Waals surface area contributed by atoms with E-state index in [1.54, 1.807) is 24.3 Å². The Hall–Kier alpha value is -1.39. The van der Waals surface area contributed by atoms with Crippen molar-refractivity contribution in [3.05, 3.63) is 29.8 Å². The zero-order valence-corrected chi connectivity index (χ0v) is 8.51. The third kappa shape index (κ3) is 3.69. The summed E-state index contributed by atoms with van der Waals surface area (Å²) in [6.45, 7) is 1.14. The molecule has 0 aliphatic rings. The molecule has 0 amide bonds. The minimum absolute atomic E-state index is 0.0118. The number of ether oxygens (including phenoxy) is 1. The number of rotatable bonds is 5. The number of carbonyl (C=O) groups is 1. The highest BCUT2D eigenvalue weighted by atomic mass is 16.5. The number of hydrogen-bond donors (Lipinski definition) is 2. The molecule has 2 N–H and O–H groups in total. The molecule has 0 bridgehead atoms. The number of Topliss-reactive ketones (excluding diaryl/α,β-unsaturated/α-hetero) is 1. The first-order valence-corrected chi connectivity index (χ1v) is 4.66. The minimum Gasteiger partial charge on any atom is -0.491 e. The third-order valence-electron chi connectivity index (χ3n) is 1.89. The van der Waals surface area contributed by atoms with Gasteiger partial charge in [-0.05, 0) is 19.1 Å². The maximum Gasteiger partial charge on any atom is 0.159 e. The Morgan fingerprint density at radius 3 is 2.87 bits per heavy atom. The Morgan fingerprint density at radius 2 is 2.27 bits per heavy atom. The van der Waals surface area contributed by atoms with Gasteiger partial charge in [0, 0.05) is 5.56 Å².